The van der Waals surface area contributed by atoms with Crippen LogP contribution in [0.5, 0.6) is 0 Å². The molecule has 4 rings (SSSR count). The van der Waals surface area contributed by atoms with Gasteiger partial charge in [-0.15, -0.1) is 10.2 Å². The lowest BCUT2D eigenvalue weighted by Gasteiger charge is -2.20. The van der Waals surface area contributed by atoms with Crippen molar-refractivity contribution in [2.24, 2.45) is 0 Å². The SMILES string of the molecule is CCCCc1nc(Cl)c(COC(=O)[C@H](CCC(=O)O)NCN(C)C)n1Cc1ccc(-c2ccccc2-c2nn[nH]n2)cc1. The van der Waals surface area contributed by atoms with E-state index in [1.165, 1.54) is 0 Å². The van der Waals surface area contributed by atoms with Crippen molar-refractivity contribution < 1.29 is 19.4 Å². The van der Waals surface area contributed by atoms with E-state index >= 15 is 0 Å². The molecular formula is C30H37ClN8O4. The number of carboxylic acid groups (broad SMARTS) is 1. The Kier molecular flexibility index (Phi) is 11.4. The zero-order valence-electron chi connectivity index (χ0n) is 24.6. The van der Waals surface area contributed by atoms with Gasteiger partial charge in [0.1, 0.15) is 18.5 Å². The topological polar surface area (TPSA) is 151 Å². The molecule has 0 saturated carbocycles. The molecule has 0 aliphatic rings. The minimum absolute atomic E-state index is 0.0832. The molecule has 43 heavy (non-hydrogen) atoms. The van der Waals surface area contributed by atoms with Crippen LogP contribution in [-0.2, 0) is 33.9 Å². The maximum Gasteiger partial charge on any atom is 0.323 e. The van der Waals surface area contributed by atoms with E-state index in [2.05, 4.69) is 37.8 Å². The third kappa shape index (κ3) is 8.69. The molecule has 1 atom stereocenters. The summed E-state index contributed by atoms with van der Waals surface area (Å²) < 4.78 is 7.69. The minimum atomic E-state index is -0.976. The van der Waals surface area contributed by atoms with Crippen molar-refractivity contribution in [3.8, 4) is 22.5 Å². The van der Waals surface area contributed by atoms with Crippen molar-refractivity contribution >= 4 is 23.5 Å². The van der Waals surface area contributed by atoms with Crippen LogP contribution >= 0.6 is 11.6 Å². The number of aryl methyl sites for hydroxylation is 1. The molecule has 2 heterocycles. The number of esters is 1. The summed E-state index contributed by atoms with van der Waals surface area (Å²) in [6, 6.07) is 15.3. The fraction of sp³-hybridized carbons (Fsp3) is 0.400. The lowest BCUT2D eigenvalue weighted by Crippen LogP contribution is -2.42. The summed E-state index contributed by atoms with van der Waals surface area (Å²) in [6.07, 6.45) is 2.61. The average Bonchev–Trinajstić information content (AvgIpc) is 3.63. The van der Waals surface area contributed by atoms with Gasteiger partial charge < -0.3 is 14.4 Å². The van der Waals surface area contributed by atoms with Gasteiger partial charge in [0.15, 0.2) is 5.15 Å². The summed E-state index contributed by atoms with van der Waals surface area (Å²) in [5.41, 5.74) is 4.48. The number of aliphatic carboxylic acids is 1. The molecule has 0 spiro atoms. The smallest absolute Gasteiger partial charge is 0.323 e. The Labute approximate surface area is 255 Å². The highest BCUT2D eigenvalue weighted by Gasteiger charge is 2.23. The first kappa shape index (κ1) is 31.8. The molecule has 2 aromatic heterocycles. The van der Waals surface area contributed by atoms with Gasteiger partial charge in [-0.3, -0.25) is 19.8 Å². The first-order chi connectivity index (χ1) is 20.8. The number of hydrogen-bond donors (Lipinski definition) is 3. The largest absolute Gasteiger partial charge is 0.481 e. The number of nitrogens with one attached hydrogen (secondary N) is 2. The number of carbonyl (C=O) groups is 2. The Morgan fingerprint density at radius 3 is 2.53 bits per heavy atom. The highest BCUT2D eigenvalue weighted by Crippen LogP contribution is 2.30. The monoisotopic (exact) mass is 608 g/mol. The zero-order valence-corrected chi connectivity index (χ0v) is 25.3. The second-order valence-corrected chi connectivity index (χ2v) is 10.8. The van der Waals surface area contributed by atoms with Crippen LogP contribution in [0.2, 0.25) is 5.15 Å². The number of hydrogen-bond acceptors (Lipinski definition) is 9. The first-order valence-electron chi connectivity index (χ1n) is 14.2. The van der Waals surface area contributed by atoms with Gasteiger partial charge in [0.25, 0.3) is 0 Å². The van der Waals surface area contributed by atoms with Gasteiger partial charge in [0.05, 0.1) is 5.69 Å². The van der Waals surface area contributed by atoms with E-state index in [9.17, 15) is 9.59 Å². The fourth-order valence-corrected chi connectivity index (χ4v) is 4.89. The first-order valence-corrected chi connectivity index (χ1v) is 14.6. The number of benzene rings is 2. The lowest BCUT2D eigenvalue weighted by atomic mass is 9.98. The number of carbonyl (C=O) groups excluding carboxylic acids is 1. The maximum atomic E-state index is 13.0. The predicted octanol–water partition coefficient (Wildman–Crippen LogP) is 4.16. The quantitative estimate of drug-likeness (QED) is 0.125. The average molecular weight is 609 g/mol. The standard InChI is InChI=1S/C30H37ClN8O4/c1-4-5-10-26-33-28(31)25(18-43-30(42)24(15-16-27(40)41)32-19-38(2)3)39(26)17-20-11-13-21(14-12-20)22-8-6-7-9-23(22)29-34-36-37-35-29/h6-9,11-14,24,32H,4-5,10,15-19H2,1-3H3,(H,40,41)(H,34,35,36,37)/t24-/m0/s1. The summed E-state index contributed by atoms with van der Waals surface area (Å²) >= 11 is 6.59. The highest BCUT2D eigenvalue weighted by molar-refractivity contribution is 6.30. The third-order valence-corrected chi connectivity index (χ3v) is 7.21. The minimum Gasteiger partial charge on any atom is -0.481 e. The summed E-state index contributed by atoms with van der Waals surface area (Å²) in [5.74, 6) is -0.172. The molecule has 0 unspecified atom stereocenters. The van der Waals surface area contributed by atoms with Crippen molar-refractivity contribution in [2.45, 2.75) is 58.2 Å². The molecule has 3 N–H and O–H groups in total. The lowest BCUT2D eigenvalue weighted by molar-refractivity contribution is -0.148. The van der Waals surface area contributed by atoms with Crippen LogP contribution < -0.4 is 5.32 Å². The number of halogens is 1. The number of H-pyrrole nitrogens is 1. The van der Waals surface area contributed by atoms with Crippen molar-refractivity contribution in [3.05, 3.63) is 70.8 Å². The van der Waals surface area contributed by atoms with E-state index in [0.717, 1.165) is 47.3 Å². The number of ether oxygens (including phenoxy) is 1. The maximum absolute atomic E-state index is 13.0. The predicted molar refractivity (Wildman–Crippen MR) is 162 cm³/mol. The molecule has 0 aliphatic carbocycles. The molecule has 13 heteroatoms. The van der Waals surface area contributed by atoms with Crippen molar-refractivity contribution in [3.63, 3.8) is 0 Å². The summed E-state index contributed by atoms with van der Waals surface area (Å²) in [7, 11) is 3.70. The molecule has 4 aromatic rings. The van der Waals surface area contributed by atoms with Gasteiger partial charge in [0, 0.05) is 31.6 Å². The molecule has 0 aliphatic heterocycles. The Hall–Kier alpha value is -4.13. The molecule has 0 radical (unpaired) electrons. The molecule has 0 amide bonds. The Morgan fingerprint density at radius 2 is 1.88 bits per heavy atom. The summed E-state index contributed by atoms with van der Waals surface area (Å²) in [5, 5.41) is 26.9. The Balaban J connectivity index is 1.54. The van der Waals surface area contributed by atoms with E-state index < -0.39 is 18.0 Å². The van der Waals surface area contributed by atoms with E-state index in [1.807, 2.05) is 72.1 Å². The third-order valence-electron chi connectivity index (χ3n) is 6.91. The van der Waals surface area contributed by atoms with Crippen LogP contribution in [0.3, 0.4) is 0 Å². The van der Waals surface area contributed by atoms with Crippen LogP contribution in [0.1, 0.15) is 49.7 Å². The molecule has 0 bridgehead atoms. The molecule has 0 fully saturated rings. The Bertz CT molecular complexity index is 1490. The fourth-order valence-electron chi connectivity index (χ4n) is 4.64. The molecule has 2 aromatic carbocycles. The van der Waals surface area contributed by atoms with Crippen LogP contribution in [0.4, 0.5) is 0 Å². The van der Waals surface area contributed by atoms with Crippen LogP contribution in [0, 0.1) is 0 Å². The normalized spacial score (nSPS) is 12.0. The van der Waals surface area contributed by atoms with Gasteiger partial charge in [-0.25, -0.2) is 4.98 Å². The number of imidazole rings is 1. The van der Waals surface area contributed by atoms with Crippen molar-refractivity contribution in [1.82, 2.24) is 40.4 Å². The highest BCUT2D eigenvalue weighted by atomic mass is 35.5. The molecule has 228 valence electrons. The number of unbranched alkanes of at least 4 members (excludes halogenated alkanes) is 1. The van der Waals surface area contributed by atoms with E-state index in [0.29, 0.717) is 24.7 Å². The number of carboxylic acids is 1. The van der Waals surface area contributed by atoms with E-state index in [1.54, 1.807) is 0 Å². The molecule has 12 nitrogen and oxygen atoms in total. The van der Waals surface area contributed by atoms with Crippen molar-refractivity contribution in [2.75, 3.05) is 20.8 Å². The van der Waals surface area contributed by atoms with Gasteiger partial charge in [-0.05, 0) is 48.8 Å². The number of aromatic amines is 1. The number of nitrogens with zero attached hydrogens (tertiary/aromatic N) is 6. The summed E-state index contributed by atoms with van der Waals surface area (Å²) in [6.45, 7) is 2.91. The van der Waals surface area contributed by atoms with Crippen LogP contribution in [-0.4, -0.2) is 78.9 Å². The van der Waals surface area contributed by atoms with Gasteiger partial charge in [-0.1, -0.05) is 73.5 Å². The zero-order chi connectivity index (χ0) is 30.8. The Morgan fingerprint density at radius 1 is 1.14 bits per heavy atom. The molecular weight excluding hydrogens is 572 g/mol. The summed E-state index contributed by atoms with van der Waals surface area (Å²) in [4.78, 5) is 30.6. The van der Waals surface area contributed by atoms with Gasteiger partial charge in [0.2, 0.25) is 5.82 Å². The number of rotatable bonds is 16. The van der Waals surface area contributed by atoms with E-state index in [4.69, 9.17) is 21.4 Å². The van der Waals surface area contributed by atoms with Crippen molar-refractivity contribution in [1.29, 1.82) is 0 Å². The van der Waals surface area contributed by atoms with Crippen LogP contribution in [0.15, 0.2) is 48.5 Å². The van der Waals surface area contributed by atoms with E-state index in [-0.39, 0.29) is 24.6 Å². The van der Waals surface area contributed by atoms with Gasteiger partial charge >= 0.3 is 11.9 Å². The molecule has 0 saturated heterocycles. The van der Waals surface area contributed by atoms with Crippen LogP contribution in [0.25, 0.3) is 22.5 Å². The number of aromatic nitrogens is 6. The van der Waals surface area contributed by atoms with Gasteiger partial charge in [-0.2, -0.15) is 5.21 Å². The second-order valence-electron chi connectivity index (χ2n) is 10.5. The number of tetrazole rings is 1. The second kappa shape index (κ2) is 15.4.